The van der Waals surface area contributed by atoms with E-state index in [1.54, 1.807) is 12.7 Å². The van der Waals surface area contributed by atoms with Gasteiger partial charge in [-0.2, -0.15) is 0 Å². The Kier molecular flexibility index (Phi) is 5.73. The molecule has 7 aromatic rings. The van der Waals surface area contributed by atoms with E-state index in [1.165, 1.54) is 33.4 Å². The van der Waals surface area contributed by atoms with Crippen molar-refractivity contribution in [1.82, 2.24) is 24.9 Å². The van der Waals surface area contributed by atoms with E-state index in [0.29, 0.717) is 5.82 Å². The molecule has 0 atom stereocenters. The van der Waals surface area contributed by atoms with Crippen LogP contribution in [0.5, 0.6) is 0 Å². The van der Waals surface area contributed by atoms with Gasteiger partial charge in [0.1, 0.15) is 12.7 Å². The molecule has 0 unspecified atom stereocenters. The number of rotatable bonds is 4. The molecule has 0 radical (unpaired) electrons. The summed E-state index contributed by atoms with van der Waals surface area (Å²) >= 11 is 0. The minimum absolute atomic E-state index is 0.206. The van der Waals surface area contributed by atoms with Crippen molar-refractivity contribution in [1.29, 1.82) is 0 Å². The first-order chi connectivity index (χ1) is 21.1. The molecule has 0 aliphatic heterocycles. The quantitative estimate of drug-likeness (QED) is 0.218. The smallest absolute Gasteiger partial charge is 0.162 e. The van der Waals surface area contributed by atoms with Gasteiger partial charge in [0.2, 0.25) is 0 Å². The standard InChI is InChI=1S/C38H27N5/c1-38(2)32-20-27(16-18-29(32)30-19-17-28(21-33(30)38)36-40-22-39-23-41-36)35-31-10-6-7-11-34(31)42-37(43-35)26-14-12-25(13-15-26)24-8-4-3-5-9-24/h3-23H,1-2H3. The second kappa shape index (κ2) is 9.78. The highest BCUT2D eigenvalue weighted by Gasteiger charge is 2.36. The lowest BCUT2D eigenvalue weighted by Gasteiger charge is -2.22. The van der Waals surface area contributed by atoms with Crippen molar-refractivity contribution in [2.75, 3.05) is 0 Å². The van der Waals surface area contributed by atoms with Gasteiger partial charge >= 0.3 is 0 Å². The van der Waals surface area contributed by atoms with Crippen molar-refractivity contribution < 1.29 is 0 Å². The molecule has 0 saturated heterocycles. The van der Waals surface area contributed by atoms with Crippen molar-refractivity contribution in [2.45, 2.75) is 19.3 Å². The van der Waals surface area contributed by atoms with E-state index in [2.05, 4.69) is 132 Å². The molecule has 8 rings (SSSR count). The Morgan fingerprint density at radius 1 is 0.488 bits per heavy atom. The molecule has 0 fully saturated rings. The van der Waals surface area contributed by atoms with Crippen LogP contribution in [0.15, 0.2) is 128 Å². The first kappa shape index (κ1) is 25.2. The predicted octanol–water partition coefficient (Wildman–Crippen LogP) is 8.79. The Morgan fingerprint density at radius 3 is 1.81 bits per heavy atom. The van der Waals surface area contributed by atoms with Crippen LogP contribution in [0.25, 0.3) is 67.2 Å². The number of hydrogen-bond donors (Lipinski definition) is 0. The van der Waals surface area contributed by atoms with E-state index in [9.17, 15) is 0 Å². The Bertz CT molecular complexity index is 2140. The molecule has 0 bridgehead atoms. The minimum atomic E-state index is -0.206. The van der Waals surface area contributed by atoms with E-state index in [0.717, 1.165) is 39.1 Å². The van der Waals surface area contributed by atoms with Gasteiger partial charge in [-0.05, 0) is 51.6 Å². The molecule has 5 nitrogen and oxygen atoms in total. The third kappa shape index (κ3) is 4.20. The number of fused-ring (bicyclic) bond motifs is 4. The summed E-state index contributed by atoms with van der Waals surface area (Å²) in [5, 5.41) is 1.04. The first-order valence-corrected chi connectivity index (χ1v) is 14.4. The third-order valence-electron chi connectivity index (χ3n) is 8.55. The van der Waals surface area contributed by atoms with Crippen LogP contribution in [0.2, 0.25) is 0 Å². The average Bonchev–Trinajstić information content (AvgIpc) is 3.30. The van der Waals surface area contributed by atoms with Gasteiger partial charge in [0.15, 0.2) is 11.6 Å². The monoisotopic (exact) mass is 553 g/mol. The Morgan fingerprint density at radius 2 is 1.07 bits per heavy atom. The SMILES string of the molecule is CC1(C)c2cc(-c3ncncn3)ccc2-c2ccc(-c3nc(-c4ccc(-c5ccccc5)cc4)nc4ccccc34)cc21. The third-order valence-corrected chi connectivity index (χ3v) is 8.55. The van der Waals surface area contributed by atoms with Crippen LogP contribution in [0, 0.1) is 0 Å². The Balaban J connectivity index is 1.23. The van der Waals surface area contributed by atoms with Crippen molar-refractivity contribution in [2.24, 2.45) is 0 Å². The second-order valence-electron chi connectivity index (χ2n) is 11.5. The van der Waals surface area contributed by atoms with Gasteiger partial charge in [-0.15, -0.1) is 0 Å². The first-order valence-electron chi connectivity index (χ1n) is 14.4. The molecular weight excluding hydrogens is 526 g/mol. The molecule has 0 amide bonds. The highest BCUT2D eigenvalue weighted by Crippen LogP contribution is 2.50. The Labute approximate surface area is 250 Å². The number of hydrogen-bond acceptors (Lipinski definition) is 5. The molecule has 5 heteroatoms. The zero-order chi connectivity index (χ0) is 29.0. The van der Waals surface area contributed by atoms with E-state index < -0.39 is 0 Å². The van der Waals surface area contributed by atoms with Crippen LogP contribution < -0.4 is 0 Å². The number of benzene rings is 5. The lowest BCUT2D eigenvalue weighted by Crippen LogP contribution is -2.15. The summed E-state index contributed by atoms with van der Waals surface area (Å²) in [5.41, 5.74) is 12.1. The minimum Gasteiger partial charge on any atom is -0.228 e. The average molecular weight is 554 g/mol. The summed E-state index contributed by atoms with van der Waals surface area (Å²) in [7, 11) is 0. The molecular formula is C38H27N5. The van der Waals surface area contributed by atoms with E-state index in [-0.39, 0.29) is 5.41 Å². The maximum atomic E-state index is 5.19. The lowest BCUT2D eigenvalue weighted by atomic mass is 9.81. The van der Waals surface area contributed by atoms with Crippen LogP contribution in [-0.4, -0.2) is 24.9 Å². The fraction of sp³-hybridized carbons (Fsp3) is 0.0789. The number of aromatic nitrogens is 5. The number of nitrogens with zero attached hydrogens (tertiary/aromatic N) is 5. The number of para-hydroxylation sites is 1. The summed E-state index contributed by atoms with van der Waals surface area (Å²) in [4.78, 5) is 22.9. The zero-order valence-electron chi connectivity index (χ0n) is 23.9. The fourth-order valence-electron chi connectivity index (χ4n) is 6.28. The molecule has 0 spiro atoms. The molecule has 1 aliphatic carbocycles. The van der Waals surface area contributed by atoms with Crippen LogP contribution in [-0.2, 0) is 5.41 Å². The molecule has 204 valence electrons. The topological polar surface area (TPSA) is 64.5 Å². The lowest BCUT2D eigenvalue weighted by molar-refractivity contribution is 0.660. The molecule has 43 heavy (non-hydrogen) atoms. The van der Waals surface area contributed by atoms with Crippen molar-refractivity contribution in [3.63, 3.8) is 0 Å². The Hall–Kier alpha value is -5.55. The van der Waals surface area contributed by atoms with Gasteiger partial charge in [-0.3, -0.25) is 0 Å². The summed E-state index contributed by atoms with van der Waals surface area (Å²) in [5.74, 6) is 1.40. The van der Waals surface area contributed by atoms with Gasteiger partial charge in [-0.1, -0.05) is 111 Å². The highest BCUT2D eigenvalue weighted by atomic mass is 15.0. The van der Waals surface area contributed by atoms with E-state index in [4.69, 9.17) is 9.97 Å². The van der Waals surface area contributed by atoms with Gasteiger partial charge in [-0.25, -0.2) is 24.9 Å². The summed E-state index contributed by atoms with van der Waals surface area (Å²) in [6.07, 6.45) is 3.08. The van der Waals surface area contributed by atoms with Gasteiger partial charge < -0.3 is 0 Å². The molecule has 5 aromatic carbocycles. The maximum Gasteiger partial charge on any atom is 0.162 e. The predicted molar refractivity (Wildman–Crippen MR) is 172 cm³/mol. The molecule has 1 aliphatic rings. The second-order valence-corrected chi connectivity index (χ2v) is 11.5. The summed E-state index contributed by atoms with van der Waals surface area (Å²) in [6.45, 7) is 4.58. The van der Waals surface area contributed by atoms with Crippen molar-refractivity contribution in [3.05, 3.63) is 139 Å². The van der Waals surface area contributed by atoms with Crippen LogP contribution in [0.1, 0.15) is 25.0 Å². The van der Waals surface area contributed by atoms with Gasteiger partial charge in [0, 0.05) is 27.5 Å². The van der Waals surface area contributed by atoms with Gasteiger partial charge in [0.25, 0.3) is 0 Å². The van der Waals surface area contributed by atoms with Crippen LogP contribution in [0.4, 0.5) is 0 Å². The molecule has 0 saturated carbocycles. The maximum absolute atomic E-state index is 5.19. The van der Waals surface area contributed by atoms with Crippen molar-refractivity contribution in [3.8, 4) is 56.3 Å². The molecule has 2 heterocycles. The molecule has 0 N–H and O–H groups in total. The summed E-state index contributed by atoms with van der Waals surface area (Å²) < 4.78 is 0. The summed E-state index contributed by atoms with van der Waals surface area (Å²) in [6, 6.07) is 40.5. The highest BCUT2D eigenvalue weighted by molar-refractivity contribution is 5.95. The van der Waals surface area contributed by atoms with E-state index >= 15 is 0 Å². The fourth-order valence-corrected chi connectivity index (χ4v) is 6.28. The van der Waals surface area contributed by atoms with Crippen LogP contribution in [0.3, 0.4) is 0 Å². The largest absolute Gasteiger partial charge is 0.228 e. The molecule has 2 aromatic heterocycles. The van der Waals surface area contributed by atoms with Crippen LogP contribution >= 0.6 is 0 Å². The zero-order valence-corrected chi connectivity index (χ0v) is 23.9. The van der Waals surface area contributed by atoms with Crippen molar-refractivity contribution >= 4 is 10.9 Å². The normalized spacial score (nSPS) is 13.1. The van der Waals surface area contributed by atoms with E-state index in [1.807, 2.05) is 12.1 Å². The van der Waals surface area contributed by atoms with Gasteiger partial charge in [0.05, 0.1) is 11.2 Å².